The molecule has 1 aromatic carbocycles. The number of fused-ring (bicyclic) bond motifs is 1. The summed E-state index contributed by atoms with van der Waals surface area (Å²) in [4.78, 5) is 4.66. The first-order chi connectivity index (χ1) is 10.7. The Labute approximate surface area is 138 Å². The van der Waals surface area contributed by atoms with Crippen LogP contribution in [-0.2, 0) is 0 Å². The van der Waals surface area contributed by atoms with Gasteiger partial charge in [0.2, 0.25) is 0 Å². The highest BCUT2D eigenvalue weighted by molar-refractivity contribution is 7.98. The van der Waals surface area contributed by atoms with Crippen molar-refractivity contribution in [1.29, 1.82) is 0 Å². The van der Waals surface area contributed by atoms with E-state index in [4.69, 9.17) is 0 Å². The Morgan fingerprint density at radius 2 is 1.73 bits per heavy atom. The standard InChI is InChI=1S/C17H20N2OS2/c20-19(22-16-18-14-3-1-2-4-15(14)21-16)17-8-11-5-12(9-17)7-13(6-11)10-17/h1-4,11-13,20H,5-10H2. The second-order valence-corrected chi connectivity index (χ2v) is 9.66. The summed E-state index contributed by atoms with van der Waals surface area (Å²) in [5, 5.41) is 10.9. The average molecular weight is 332 g/mol. The molecule has 116 valence electrons. The number of para-hydroxylation sites is 1. The van der Waals surface area contributed by atoms with Crippen LogP contribution in [0.25, 0.3) is 10.2 Å². The van der Waals surface area contributed by atoms with E-state index in [1.165, 1.54) is 55.2 Å². The highest BCUT2D eigenvalue weighted by Crippen LogP contribution is 2.59. The predicted octanol–water partition coefficient (Wildman–Crippen LogP) is 4.96. The summed E-state index contributed by atoms with van der Waals surface area (Å²) in [6.07, 6.45) is 7.73. The molecule has 0 aliphatic heterocycles. The average Bonchev–Trinajstić information content (AvgIpc) is 2.88. The highest BCUT2D eigenvalue weighted by atomic mass is 32.2. The van der Waals surface area contributed by atoms with Gasteiger partial charge in [0.25, 0.3) is 0 Å². The molecule has 5 heteroatoms. The van der Waals surface area contributed by atoms with Crippen LogP contribution in [0, 0.1) is 17.8 Å². The summed E-state index contributed by atoms with van der Waals surface area (Å²) in [6.45, 7) is 0. The predicted molar refractivity (Wildman–Crippen MR) is 90.0 cm³/mol. The van der Waals surface area contributed by atoms with Gasteiger partial charge in [-0.15, -0.1) is 15.8 Å². The smallest absolute Gasteiger partial charge is 0.168 e. The maximum Gasteiger partial charge on any atom is 0.168 e. The molecule has 1 N–H and O–H groups in total. The van der Waals surface area contributed by atoms with Crippen LogP contribution in [-0.4, -0.2) is 20.2 Å². The van der Waals surface area contributed by atoms with Crippen LogP contribution in [0.15, 0.2) is 28.6 Å². The Hall–Kier alpha value is -0.620. The first kappa shape index (κ1) is 13.8. The van der Waals surface area contributed by atoms with Gasteiger partial charge >= 0.3 is 0 Å². The molecule has 0 atom stereocenters. The zero-order valence-corrected chi connectivity index (χ0v) is 14.1. The summed E-state index contributed by atoms with van der Waals surface area (Å²) < 4.78 is 3.75. The Kier molecular flexibility index (Phi) is 3.09. The van der Waals surface area contributed by atoms with E-state index in [1.807, 2.05) is 18.2 Å². The lowest BCUT2D eigenvalue weighted by atomic mass is 9.53. The van der Waals surface area contributed by atoms with Crippen LogP contribution in [0.3, 0.4) is 0 Å². The fourth-order valence-corrected chi connectivity index (χ4v) is 7.39. The Morgan fingerprint density at radius 3 is 2.36 bits per heavy atom. The minimum atomic E-state index is 0.0112. The molecular formula is C17H20N2OS2. The van der Waals surface area contributed by atoms with Gasteiger partial charge in [-0.05, 0) is 68.4 Å². The van der Waals surface area contributed by atoms with E-state index >= 15 is 0 Å². The van der Waals surface area contributed by atoms with Gasteiger partial charge in [0.15, 0.2) is 4.34 Å². The number of hydrogen-bond donors (Lipinski definition) is 1. The maximum atomic E-state index is 10.9. The monoisotopic (exact) mass is 332 g/mol. The third kappa shape index (κ3) is 2.13. The van der Waals surface area contributed by atoms with Crippen LogP contribution in [0.4, 0.5) is 0 Å². The van der Waals surface area contributed by atoms with Gasteiger partial charge in [-0.25, -0.2) is 4.98 Å². The molecule has 2 aromatic rings. The molecule has 0 radical (unpaired) electrons. The summed E-state index contributed by atoms with van der Waals surface area (Å²) in [6, 6.07) is 8.21. The molecule has 4 saturated carbocycles. The van der Waals surface area contributed by atoms with Crippen molar-refractivity contribution in [3.63, 3.8) is 0 Å². The lowest BCUT2D eigenvalue weighted by Gasteiger charge is -2.58. The van der Waals surface area contributed by atoms with Crippen molar-refractivity contribution in [2.45, 2.75) is 48.4 Å². The molecule has 4 aliphatic rings. The zero-order valence-electron chi connectivity index (χ0n) is 12.4. The van der Waals surface area contributed by atoms with E-state index in [-0.39, 0.29) is 5.54 Å². The van der Waals surface area contributed by atoms with Crippen LogP contribution in [0.1, 0.15) is 38.5 Å². The fraction of sp³-hybridized carbons (Fsp3) is 0.588. The second-order valence-electron chi connectivity index (χ2n) is 7.45. The van der Waals surface area contributed by atoms with E-state index in [9.17, 15) is 5.21 Å². The van der Waals surface area contributed by atoms with Gasteiger partial charge in [-0.1, -0.05) is 12.1 Å². The Morgan fingerprint density at radius 1 is 1.09 bits per heavy atom. The number of benzene rings is 1. The third-order valence-corrected chi connectivity index (χ3v) is 7.96. The van der Waals surface area contributed by atoms with Gasteiger partial charge in [0.05, 0.1) is 15.8 Å². The van der Waals surface area contributed by atoms with Gasteiger partial charge in [0, 0.05) is 11.9 Å². The highest BCUT2D eigenvalue weighted by Gasteiger charge is 2.54. The minimum Gasteiger partial charge on any atom is -0.302 e. The minimum absolute atomic E-state index is 0.0112. The fourth-order valence-electron chi connectivity index (χ4n) is 5.36. The van der Waals surface area contributed by atoms with Crippen molar-refractivity contribution >= 4 is 33.5 Å². The number of rotatable bonds is 3. The van der Waals surface area contributed by atoms with Gasteiger partial charge in [-0.2, -0.15) is 0 Å². The number of hydrogen-bond acceptors (Lipinski definition) is 5. The largest absolute Gasteiger partial charge is 0.302 e. The van der Waals surface area contributed by atoms with Gasteiger partial charge in [0.1, 0.15) is 0 Å². The van der Waals surface area contributed by atoms with Crippen LogP contribution in [0.2, 0.25) is 0 Å². The molecule has 4 bridgehead atoms. The maximum absolute atomic E-state index is 10.9. The zero-order chi connectivity index (χ0) is 14.7. The number of nitrogens with zero attached hydrogens (tertiary/aromatic N) is 2. The van der Waals surface area contributed by atoms with Crippen molar-refractivity contribution in [2.24, 2.45) is 17.8 Å². The summed E-state index contributed by atoms with van der Waals surface area (Å²) in [5.41, 5.74) is 1.05. The molecule has 0 saturated heterocycles. The molecule has 1 heterocycles. The van der Waals surface area contributed by atoms with Crippen molar-refractivity contribution in [3.05, 3.63) is 24.3 Å². The van der Waals surface area contributed by atoms with E-state index in [0.29, 0.717) is 0 Å². The van der Waals surface area contributed by atoms with Gasteiger partial charge in [-0.3, -0.25) is 0 Å². The topological polar surface area (TPSA) is 36.4 Å². The summed E-state index contributed by atoms with van der Waals surface area (Å²) in [7, 11) is 0. The van der Waals surface area contributed by atoms with Crippen molar-refractivity contribution in [1.82, 2.24) is 9.45 Å². The molecule has 4 aliphatic carbocycles. The first-order valence-electron chi connectivity index (χ1n) is 8.23. The normalized spacial score (nSPS) is 36.5. The van der Waals surface area contributed by atoms with E-state index in [0.717, 1.165) is 27.6 Å². The van der Waals surface area contributed by atoms with Crippen molar-refractivity contribution in [3.8, 4) is 0 Å². The van der Waals surface area contributed by atoms with E-state index in [1.54, 1.807) is 15.8 Å². The second kappa shape index (κ2) is 4.94. The van der Waals surface area contributed by atoms with E-state index < -0.39 is 0 Å². The molecule has 4 fully saturated rings. The number of aromatic nitrogens is 1. The Bertz CT molecular complexity index is 645. The molecule has 0 amide bonds. The van der Waals surface area contributed by atoms with Crippen LogP contribution in [0.5, 0.6) is 0 Å². The first-order valence-corrected chi connectivity index (χ1v) is 9.82. The SMILES string of the molecule is ON(Sc1nc2ccccc2s1)C12CC3CC(CC(C3)C1)C2. The molecule has 0 spiro atoms. The quantitative estimate of drug-likeness (QED) is 0.636. The molecule has 1 aromatic heterocycles. The summed E-state index contributed by atoms with van der Waals surface area (Å²) in [5.74, 6) is 2.53. The number of hydroxylamine groups is 1. The Balaban J connectivity index is 1.41. The lowest BCUT2D eigenvalue weighted by molar-refractivity contribution is -0.160. The lowest BCUT2D eigenvalue weighted by Crippen LogP contribution is -2.57. The molecule has 22 heavy (non-hydrogen) atoms. The molecule has 0 unspecified atom stereocenters. The van der Waals surface area contributed by atoms with Gasteiger partial charge < -0.3 is 5.21 Å². The van der Waals surface area contributed by atoms with Crippen molar-refractivity contribution < 1.29 is 5.21 Å². The summed E-state index contributed by atoms with van der Waals surface area (Å²) >= 11 is 3.13. The van der Waals surface area contributed by atoms with Crippen molar-refractivity contribution in [2.75, 3.05) is 0 Å². The molecule has 3 nitrogen and oxygen atoms in total. The van der Waals surface area contributed by atoms with Crippen LogP contribution >= 0.6 is 23.3 Å². The third-order valence-electron chi connectivity index (χ3n) is 5.85. The van der Waals surface area contributed by atoms with Crippen LogP contribution < -0.4 is 0 Å². The molecular weight excluding hydrogens is 312 g/mol. The number of thiazole rings is 1. The van der Waals surface area contributed by atoms with E-state index in [2.05, 4.69) is 11.1 Å². The molecule has 6 rings (SSSR count).